The zero-order chi connectivity index (χ0) is 26.3. The molecule has 36 heavy (non-hydrogen) atoms. The first kappa shape index (κ1) is 28.5. The van der Waals surface area contributed by atoms with Gasteiger partial charge in [0.15, 0.2) is 0 Å². The molecule has 0 radical (unpaired) electrons. The zero-order valence-corrected chi connectivity index (χ0v) is 23.8. The summed E-state index contributed by atoms with van der Waals surface area (Å²) in [4.78, 5) is 15.9. The standard InChI is InChI=1S/C14H6F5N4.3C4H9.Sn/c15-8-2-1-7(5-9(8)16)10-6-11(14(17,18)19)23-13(22-10)12-20-3-4-21-12;3*1-3-4-2;/h1-3,5-6H,(H,20,21);3*1,3-4H2,2H3;. The van der Waals surface area contributed by atoms with Crippen LogP contribution in [-0.2, 0) is 6.18 Å². The second-order valence-electron chi connectivity index (χ2n) is 9.31. The van der Waals surface area contributed by atoms with Crippen molar-refractivity contribution in [3.8, 4) is 22.9 Å². The van der Waals surface area contributed by atoms with Crippen LogP contribution < -0.4 is 3.71 Å². The summed E-state index contributed by atoms with van der Waals surface area (Å²) in [6.07, 6.45) is 3.72. The van der Waals surface area contributed by atoms with Gasteiger partial charge in [0.1, 0.15) is 0 Å². The molecule has 3 aromatic rings. The van der Waals surface area contributed by atoms with Gasteiger partial charge < -0.3 is 0 Å². The van der Waals surface area contributed by atoms with Gasteiger partial charge in [-0.25, -0.2) is 0 Å². The number of hydrogen-bond donors (Lipinski definition) is 1. The van der Waals surface area contributed by atoms with Crippen molar-refractivity contribution in [2.75, 3.05) is 0 Å². The van der Waals surface area contributed by atoms with Crippen LogP contribution in [0.4, 0.5) is 22.0 Å². The molecule has 196 valence electrons. The van der Waals surface area contributed by atoms with E-state index in [0.29, 0.717) is 0 Å². The van der Waals surface area contributed by atoms with Gasteiger partial charge in [0, 0.05) is 0 Å². The number of nitrogens with one attached hydrogen (secondary N) is 1. The first-order valence-corrected chi connectivity index (χ1v) is 20.1. The summed E-state index contributed by atoms with van der Waals surface area (Å²) in [5, 5.41) is 0. The van der Waals surface area contributed by atoms with E-state index in [1.54, 1.807) is 0 Å². The van der Waals surface area contributed by atoms with Gasteiger partial charge in [-0.3, -0.25) is 0 Å². The Bertz CT molecular complexity index is 1120. The third-order valence-electron chi connectivity index (χ3n) is 6.59. The first-order valence-electron chi connectivity index (χ1n) is 12.6. The number of rotatable bonds is 12. The van der Waals surface area contributed by atoms with Crippen LogP contribution in [0, 0.1) is 11.6 Å². The molecule has 4 nitrogen and oxygen atoms in total. The molecule has 3 rings (SSSR count). The summed E-state index contributed by atoms with van der Waals surface area (Å²) in [6.45, 7) is 6.51. The first-order chi connectivity index (χ1) is 17.1. The number of imidazole rings is 1. The number of hydrogen-bond acceptors (Lipinski definition) is 3. The SMILES string of the molecule is CCC[CH2][Sn]([CH2]CCC)([CH2]CCC)[c]1c[nH]c(-c2nc(-c3ccc(F)c(F)c3)cc(C(F)(F)F)n2)n1. The summed E-state index contributed by atoms with van der Waals surface area (Å²) in [7, 11) is 0. The Balaban J connectivity index is 2.10. The zero-order valence-electron chi connectivity index (χ0n) is 21.0. The summed E-state index contributed by atoms with van der Waals surface area (Å²) in [6, 6.07) is 3.63. The molecule has 0 unspecified atom stereocenters. The molecular formula is C26H33F5N4Sn. The normalized spacial score (nSPS) is 12.3. The Morgan fingerprint density at radius 1 is 0.806 bits per heavy atom. The Hall–Kier alpha value is -2.04. The van der Waals surface area contributed by atoms with Gasteiger partial charge in [-0.05, 0) is 0 Å². The van der Waals surface area contributed by atoms with Gasteiger partial charge in [-0.15, -0.1) is 0 Å². The van der Waals surface area contributed by atoms with E-state index in [-0.39, 0.29) is 22.9 Å². The number of halogens is 5. The quantitative estimate of drug-likeness (QED) is 0.167. The molecule has 0 aliphatic heterocycles. The average molecular weight is 615 g/mol. The number of unbranched alkanes of at least 4 members (excludes halogenated alkanes) is 3. The maximum atomic E-state index is 13.8. The molecule has 0 fully saturated rings. The molecule has 0 bridgehead atoms. The molecule has 0 spiro atoms. The second-order valence-corrected chi connectivity index (χ2v) is 22.4. The van der Waals surface area contributed by atoms with Crippen molar-refractivity contribution in [3.63, 3.8) is 0 Å². The molecule has 10 heteroatoms. The van der Waals surface area contributed by atoms with E-state index in [1.807, 2.05) is 6.20 Å². The van der Waals surface area contributed by atoms with Crippen LogP contribution in [0.25, 0.3) is 22.9 Å². The Morgan fingerprint density at radius 3 is 1.94 bits per heavy atom. The van der Waals surface area contributed by atoms with Crippen molar-refractivity contribution in [3.05, 3.63) is 47.8 Å². The second kappa shape index (κ2) is 12.5. The molecule has 1 N–H and O–H groups in total. The number of H-pyrrole nitrogens is 1. The van der Waals surface area contributed by atoms with Gasteiger partial charge in [-0.2, -0.15) is 0 Å². The Kier molecular flexibility index (Phi) is 9.88. The molecule has 0 aliphatic rings. The molecule has 2 aromatic heterocycles. The predicted molar refractivity (Wildman–Crippen MR) is 135 cm³/mol. The predicted octanol–water partition coefficient (Wildman–Crippen LogP) is 7.89. The molecule has 2 heterocycles. The fourth-order valence-electron chi connectivity index (χ4n) is 4.51. The van der Waals surface area contributed by atoms with E-state index < -0.39 is 41.9 Å². The van der Waals surface area contributed by atoms with Crippen LogP contribution in [0.5, 0.6) is 0 Å². The molecule has 0 atom stereocenters. The summed E-state index contributed by atoms with van der Waals surface area (Å²) < 4.78 is 72.8. The van der Waals surface area contributed by atoms with E-state index in [9.17, 15) is 22.0 Å². The van der Waals surface area contributed by atoms with E-state index >= 15 is 0 Å². The van der Waals surface area contributed by atoms with Crippen LogP contribution in [-0.4, -0.2) is 38.3 Å². The Morgan fingerprint density at radius 2 is 1.42 bits per heavy atom. The average Bonchev–Trinajstić information content (AvgIpc) is 3.36. The van der Waals surface area contributed by atoms with Crippen molar-refractivity contribution < 1.29 is 22.0 Å². The molecule has 0 saturated carbocycles. The van der Waals surface area contributed by atoms with E-state index in [2.05, 4.69) is 35.7 Å². The topological polar surface area (TPSA) is 54.5 Å². The molecule has 1 aromatic carbocycles. The van der Waals surface area contributed by atoms with Crippen molar-refractivity contribution in [2.24, 2.45) is 0 Å². The van der Waals surface area contributed by atoms with E-state index in [0.717, 1.165) is 73.7 Å². The summed E-state index contributed by atoms with van der Waals surface area (Å²) in [5.41, 5.74) is -1.29. The van der Waals surface area contributed by atoms with E-state index in [1.165, 1.54) is 6.07 Å². The fourth-order valence-corrected chi connectivity index (χ4v) is 19.7. The molecule has 0 amide bonds. The van der Waals surface area contributed by atoms with Gasteiger partial charge in [0.25, 0.3) is 0 Å². The van der Waals surface area contributed by atoms with Gasteiger partial charge in [-0.1, -0.05) is 0 Å². The number of benzene rings is 1. The monoisotopic (exact) mass is 616 g/mol. The minimum atomic E-state index is -4.74. The van der Waals surface area contributed by atoms with Crippen molar-refractivity contribution in [1.82, 2.24) is 19.9 Å². The third-order valence-corrected chi connectivity index (χ3v) is 21.6. The number of nitrogens with zero attached hydrogens (tertiary/aromatic N) is 3. The number of aromatic nitrogens is 4. The van der Waals surface area contributed by atoms with Crippen LogP contribution >= 0.6 is 0 Å². The minimum absolute atomic E-state index is 0.0252. The van der Waals surface area contributed by atoms with Gasteiger partial charge in [0.2, 0.25) is 0 Å². The van der Waals surface area contributed by atoms with Crippen LogP contribution in [0.2, 0.25) is 13.3 Å². The number of alkyl halides is 3. The summed E-state index contributed by atoms with van der Waals surface area (Å²) in [5.74, 6) is -2.29. The fraction of sp³-hybridized carbons (Fsp3) is 0.500. The van der Waals surface area contributed by atoms with Gasteiger partial charge in [0.05, 0.1) is 0 Å². The molecule has 0 aliphatic carbocycles. The number of aromatic amines is 1. The van der Waals surface area contributed by atoms with Crippen LogP contribution in [0.3, 0.4) is 0 Å². The maximum absolute atomic E-state index is 13.8. The van der Waals surface area contributed by atoms with Crippen molar-refractivity contribution in [2.45, 2.75) is 78.8 Å². The molecule has 0 saturated heterocycles. The third kappa shape index (κ3) is 6.83. The van der Waals surface area contributed by atoms with Crippen LogP contribution in [0.1, 0.15) is 65.0 Å². The molecular weight excluding hydrogens is 582 g/mol. The Labute approximate surface area is 213 Å². The van der Waals surface area contributed by atoms with Crippen molar-refractivity contribution >= 4 is 22.1 Å². The van der Waals surface area contributed by atoms with Crippen molar-refractivity contribution in [1.29, 1.82) is 0 Å². The van der Waals surface area contributed by atoms with E-state index in [4.69, 9.17) is 4.98 Å². The van der Waals surface area contributed by atoms with Crippen LogP contribution in [0.15, 0.2) is 30.5 Å². The summed E-state index contributed by atoms with van der Waals surface area (Å²) >= 11 is -2.93. The van der Waals surface area contributed by atoms with Gasteiger partial charge >= 0.3 is 213 Å².